The highest BCUT2D eigenvalue weighted by molar-refractivity contribution is 7.13. The Bertz CT molecular complexity index is 789. The van der Waals surface area contributed by atoms with Crippen molar-refractivity contribution in [3.63, 3.8) is 0 Å². The van der Waals surface area contributed by atoms with Gasteiger partial charge < -0.3 is 9.32 Å². The molecule has 146 valence electrons. The Morgan fingerprint density at radius 1 is 1.26 bits per heavy atom. The summed E-state index contributed by atoms with van der Waals surface area (Å²) in [5.41, 5.74) is 2.30. The number of nitrogens with zero attached hydrogens (tertiary/aromatic N) is 3. The molecule has 1 amide bonds. The van der Waals surface area contributed by atoms with Gasteiger partial charge >= 0.3 is 0 Å². The quantitative estimate of drug-likeness (QED) is 0.744. The van der Waals surface area contributed by atoms with Crippen molar-refractivity contribution in [2.24, 2.45) is 5.92 Å². The van der Waals surface area contributed by atoms with Gasteiger partial charge in [-0.05, 0) is 75.5 Å². The lowest BCUT2D eigenvalue weighted by molar-refractivity contribution is -0.127. The first-order valence-corrected chi connectivity index (χ1v) is 11.0. The second kappa shape index (κ2) is 8.15. The van der Waals surface area contributed by atoms with Crippen molar-refractivity contribution in [3.05, 3.63) is 28.5 Å². The molecule has 0 saturated carbocycles. The first-order valence-electron chi connectivity index (χ1n) is 10.1. The molecule has 2 fully saturated rings. The molecule has 2 saturated heterocycles. The van der Waals surface area contributed by atoms with Gasteiger partial charge in [-0.2, -0.15) is 0 Å². The highest BCUT2D eigenvalue weighted by Gasteiger charge is 2.24. The second-order valence-electron chi connectivity index (χ2n) is 7.95. The molecule has 2 aromatic heterocycles. The summed E-state index contributed by atoms with van der Waals surface area (Å²) in [6.45, 7) is 9.14. The summed E-state index contributed by atoms with van der Waals surface area (Å²) in [5, 5.41) is 2.09. The van der Waals surface area contributed by atoms with E-state index in [0.717, 1.165) is 80.1 Å². The van der Waals surface area contributed by atoms with Gasteiger partial charge in [-0.1, -0.05) is 0 Å². The molecule has 0 bridgehead atoms. The SMILES string of the molecule is Cc1ccsc1-c1nc(CN2CCC(CCN3CCCC3=O)CC2)c(C)o1. The Balaban J connectivity index is 1.27. The number of hydrogen-bond acceptors (Lipinski definition) is 5. The third-order valence-electron chi connectivity index (χ3n) is 6.01. The standard InChI is InChI=1S/C21H29N3O2S/c1-15-8-13-27-20(15)21-22-18(16(2)26-21)14-23-10-5-17(6-11-23)7-12-24-9-3-4-19(24)25/h8,13,17H,3-7,9-12,14H2,1-2H3. The largest absolute Gasteiger partial charge is 0.440 e. The maximum atomic E-state index is 11.7. The second-order valence-corrected chi connectivity index (χ2v) is 8.86. The van der Waals surface area contributed by atoms with Crippen molar-refractivity contribution in [2.75, 3.05) is 26.2 Å². The molecule has 2 aliphatic heterocycles. The van der Waals surface area contributed by atoms with Gasteiger partial charge in [0.05, 0.1) is 10.6 Å². The Hall–Kier alpha value is -1.66. The zero-order valence-electron chi connectivity index (χ0n) is 16.4. The minimum absolute atomic E-state index is 0.353. The van der Waals surface area contributed by atoms with Crippen LogP contribution in [0.1, 0.15) is 49.1 Å². The number of hydrogen-bond donors (Lipinski definition) is 0. The van der Waals surface area contributed by atoms with E-state index in [1.807, 2.05) is 6.92 Å². The van der Waals surface area contributed by atoms with Crippen molar-refractivity contribution < 1.29 is 9.21 Å². The summed E-state index contributed by atoms with van der Waals surface area (Å²) in [4.78, 5) is 22.2. The highest BCUT2D eigenvalue weighted by atomic mass is 32.1. The van der Waals surface area contributed by atoms with Gasteiger partial charge in [-0.15, -0.1) is 11.3 Å². The van der Waals surface area contributed by atoms with Gasteiger partial charge in [0.2, 0.25) is 11.8 Å². The third kappa shape index (κ3) is 4.27. The number of aryl methyl sites for hydroxylation is 2. The molecule has 0 radical (unpaired) electrons. The molecule has 0 atom stereocenters. The van der Waals surface area contributed by atoms with Gasteiger partial charge in [-0.25, -0.2) is 4.98 Å². The van der Waals surface area contributed by atoms with Crippen molar-refractivity contribution >= 4 is 17.2 Å². The first-order chi connectivity index (χ1) is 13.1. The molecule has 6 heteroatoms. The lowest BCUT2D eigenvalue weighted by Gasteiger charge is -2.32. The van der Waals surface area contributed by atoms with Gasteiger partial charge in [0.1, 0.15) is 5.76 Å². The molecule has 0 aliphatic carbocycles. The van der Waals surface area contributed by atoms with Gasteiger partial charge in [-0.3, -0.25) is 9.69 Å². The predicted octanol–water partition coefficient (Wildman–Crippen LogP) is 4.24. The van der Waals surface area contributed by atoms with Crippen LogP contribution in [0.4, 0.5) is 0 Å². The number of aromatic nitrogens is 1. The first kappa shape index (κ1) is 18.7. The number of oxazole rings is 1. The molecule has 5 nitrogen and oxygen atoms in total. The Morgan fingerprint density at radius 2 is 2.07 bits per heavy atom. The lowest BCUT2D eigenvalue weighted by atomic mass is 9.93. The van der Waals surface area contributed by atoms with E-state index >= 15 is 0 Å². The summed E-state index contributed by atoms with van der Waals surface area (Å²) < 4.78 is 5.94. The van der Waals surface area contributed by atoms with Crippen LogP contribution in [0.3, 0.4) is 0 Å². The Kier molecular flexibility index (Phi) is 5.64. The zero-order chi connectivity index (χ0) is 18.8. The van der Waals surface area contributed by atoms with E-state index in [1.54, 1.807) is 11.3 Å². The van der Waals surface area contributed by atoms with Crippen molar-refractivity contribution in [3.8, 4) is 10.8 Å². The summed E-state index contributed by atoms with van der Waals surface area (Å²) in [5.74, 6) is 2.80. The predicted molar refractivity (Wildman–Crippen MR) is 108 cm³/mol. The van der Waals surface area contributed by atoms with E-state index < -0.39 is 0 Å². The van der Waals surface area contributed by atoms with E-state index in [9.17, 15) is 4.79 Å². The van der Waals surface area contributed by atoms with Crippen LogP contribution >= 0.6 is 11.3 Å². The van der Waals surface area contributed by atoms with Crippen LogP contribution in [0.15, 0.2) is 15.9 Å². The van der Waals surface area contributed by atoms with E-state index in [0.29, 0.717) is 5.91 Å². The average molecular weight is 388 g/mol. The molecular formula is C21H29N3O2S. The van der Waals surface area contributed by atoms with Crippen LogP contribution in [0.5, 0.6) is 0 Å². The smallest absolute Gasteiger partial charge is 0.237 e. The molecule has 0 unspecified atom stereocenters. The fourth-order valence-corrected chi connectivity index (χ4v) is 5.04. The van der Waals surface area contributed by atoms with E-state index in [-0.39, 0.29) is 0 Å². The minimum atomic E-state index is 0.353. The average Bonchev–Trinajstić information content (AvgIpc) is 3.36. The monoisotopic (exact) mass is 387 g/mol. The Labute approximate surface area is 165 Å². The highest BCUT2D eigenvalue weighted by Crippen LogP contribution is 2.30. The van der Waals surface area contributed by atoms with E-state index in [4.69, 9.17) is 9.40 Å². The zero-order valence-corrected chi connectivity index (χ0v) is 17.2. The lowest BCUT2D eigenvalue weighted by Crippen LogP contribution is -2.35. The molecule has 0 aromatic carbocycles. The van der Waals surface area contributed by atoms with Crippen LogP contribution in [-0.4, -0.2) is 46.9 Å². The number of likely N-dealkylation sites (tertiary alicyclic amines) is 2. The van der Waals surface area contributed by atoms with Crippen LogP contribution in [0.25, 0.3) is 10.8 Å². The minimum Gasteiger partial charge on any atom is -0.440 e. The van der Waals surface area contributed by atoms with Gasteiger partial charge in [0.15, 0.2) is 0 Å². The van der Waals surface area contributed by atoms with Crippen molar-refractivity contribution in [1.82, 2.24) is 14.8 Å². The summed E-state index contributed by atoms with van der Waals surface area (Å²) in [7, 11) is 0. The van der Waals surface area contributed by atoms with Crippen LogP contribution < -0.4 is 0 Å². The Morgan fingerprint density at radius 3 is 2.74 bits per heavy atom. The fraction of sp³-hybridized carbons (Fsp3) is 0.619. The molecular weight excluding hydrogens is 358 g/mol. The summed E-state index contributed by atoms with van der Waals surface area (Å²) >= 11 is 1.69. The molecule has 4 heterocycles. The van der Waals surface area contributed by atoms with E-state index in [1.165, 1.54) is 18.4 Å². The number of amides is 1. The number of carbonyl (C=O) groups is 1. The molecule has 2 aromatic rings. The maximum Gasteiger partial charge on any atom is 0.237 e. The van der Waals surface area contributed by atoms with Crippen molar-refractivity contribution in [1.29, 1.82) is 0 Å². The number of carbonyl (C=O) groups excluding carboxylic acids is 1. The normalized spacial score (nSPS) is 19.3. The maximum absolute atomic E-state index is 11.7. The van der Waals surface area contributed by atoms with Crippen LogP contribution in [0, 0.1) is 19.8 Å². The number of piperidine rings is 1. The molecule has 2 aliphatic rings. The molecule has 0 spiro atoms. The summed E-state index contributed by atoms with van der Waals surface area (Å²) in [6, 6.07) is 2.11. The number of rotatable bonds is 6. The van der Waals surface area contributed by atoms with E-state index in [2.05, 4.69) is 28.2 Å². The molecule has 0 N–H and O–H groups in total. The van der Waals surface area contributed by atoms with Crippen molar-refractivity contribution in [2.45, 2.75) is 52.5 Å². The molecule has 4 rings (SSSR count). The number of thiophene rings is 1. The summed E-state index contributed by atoms with van der Waals surface area (Å²) in [6.07, 6.45) is 5.39. The van der Waals surface area contributed by atoms with Gasteiger partial charge in [0, 0.05) is 26.1 Å². The topological polar surface area (TPSA) is 49.6 Å². The molecule has 27 heavy (non-hydrogen) atoms. The van der Waals surface area contributed by atoms with Gasteiger partial charge in [0.25, 0.3) is 0 Å². The van der Waals surface area contributed by atoms with Crippen LogP contribution in [-0.2, 0) is 11.3 Å². The third-order valence-corrected chi connectivity index (χ3v) is 7.01. The van der Waals surface area contributed by atoms with Crippen LogP contribution in [0.2, 0.25) is 0 Å². The fourth-order valence-electron chi connectivity index (χ4n) is 4.19.